The molecule has 0 heterocycles. The summed E-state index contributed by atoms with van der Waals surface area (Å²) in [5, 5.41) is 2.79. The van der Waals surface area contributed by atoms with E-state index in [1.54, 1.807) is 17.0 Å². The predicted molar refractivity (Wildman–Crippen MR) is 69.7 cm³/mol. The summed E-state index contributed by atoms with van der Waals surface area (Å²) in [5.41, 5.74) is 1.14. The van der Waals surface area contributed by atoms with Gasteiger partial charge in [-0.15, -0.1) is 0 Å². The van der Waals surface area contributed by atoms with Crippen molar-refractivity contribution in [2.24, 2.45) is 0 Å². The van der Waals surface area contributed by atoms with Gasteiger partial charge in [-0.3, -0.25) is 4.79 Å². The number of amides is 1. The Morgan fingerprint density at radius 3 is 2.47 bits per heavy atom. The van der Waals surface area contributed by atoms with E-state index in [9.17, 15) is 18.0 Å². The van der Waals surface area contributed by atoms with Crippen molar-refractivity contribution in [3.8, 4) is 0 Å². The van der Waals surface area contributed by atoms with Crippen molar-refractivity contribution in [3.05, 3.63) is 23.2 Å². The quantitative estimate of drug-likeness (QED) is 0.918. The van der Waals surface area contributed by atoms with Crippen LogP contribution in [0.1, 0.15) is 12.8 Å². The van der Waals surface area contributed by atoms with Crippen molar-refractivity contribution in [2.45, 2.75) is 19.0 Å². The summed E-state index contributed by atoms with van der Waals surface area (Å²) in [6.07, 6.45) is -6.07. The summed E-state index contributed by atoms with van der Waals surface area (Å²) in [6, 6.07) is 4.77. The minimum absolute atomic E-state index is 0.378. The third-order valence-corrected chi connectivity index (χ3v) is 2.65. The molecule has 0 radical (unpaired) electrons. The SMILES string of the molecule is CN(C)c1ccc(NC(=O)CCC(F)(F)F)cc1Cl. The number of alkyl halides is 3. The predicted octanol–water partition coefficient (Wildman–Crippen LogP) is 3.69. The first-order valence-corrected chi connectivity index (χ1v) is 5.90. The van der Waals surface area contributed by atoms with Gasteiger partial charge in [0.1, 0.15) is 0 Å². The summed E-state index contributed by atoms with van der Waals surface area (Å²) in [5.74, 6) is -0.689. The van der Waals surface area contributed by atoms with Gasteiger partial charge in [0, 0.05) is 26.2 Å². The molecular weight excluding hydrogens is 281 g/mol. The molecule has 0 fully saturated rings. The second-order valence-corrected chi connectivity index (χ2v) is 4.63. The van der Waals surface area contributed by atoms with E-state index in [2.05, 4.69) is 5.32 Å². The first kappa shape index (κ1) is 15.6. The smallest absolute Gasteiger partial charge is 0.376 e. The highest BCUT2D eigenvalue weighted by Gasteiger charge is 2.27. The number of carbonyl (C=O) groups excluding carboxylic acids is 1. The van der Waals surface area contributed by atoms with Crippen LogP contribution in [0, 0.1) is 0 Å². The van der Waals surface area contributed by atoms with Crippen molar-refractivity contribution >= 4 is 28.9 Å². The summed E-state index contributed by atoms with van der Waals surface area (Å²) < 4.78 is 35.9. The Balaban J connectivity index is 2.63. The molecule has 0 aromatic heterocycles. The van der Waals surface area contributed by atoms with Gasteiger partial charge in [0.15, 0.2) is 0 Å². The minimum atomic E-state index is -4.33. The van der Waals surface area contributed by atoms with Gasteiger partial charge in [0.25, 0.3) is 0 Å². The Hall–Kier alpha value is -1.43. The molecular formula is C12H14ClF3N2O. The molecule has 0 atom stereocenters. The number of carbonyl (C=O) groups is 1. The van der Waals surface area contributed by atoms with Crippen molar-refractivity contribution in [1.29, 1.82) is 0 Å². The Morgan fingerprint density at radius 1 is 1.37 bits per heavy atom. The van der Waals surface area contributed by atoms with Crippen LogP contribution in [0.2, 0.25) is 5.02 Å². The van der Waals surface area contributed by atoms with Crippen LogP contribution in [-0.4, -0.2) is 26.2 Å². The highest BCUT2D eigenvalue weighted by atomic mass is 35.5. The van der Waals surface area contributed by atoms with Gasteiger partial charge in [0.05, 0.1) is 17.1 Å². The molecule has 1 rings (SSSR count). The molecule has 0 bridgehead atoms. The molecule has 0 aliphatic carbocycles. The van der Waals surface area contributed by atoms with E-state index in [0.29, 0.717) is 10.7 Å². The van der Waals surface area contributed by atoms with Crippen LogP contribution in [0.5, 0.6) is 0 Å². The van der Waals surface area contributed by atoms with Gasteiger partial charge >= 0.3 is 6.18 Å². The van der Waals surface area contributed by atoms with Crippen molar-refractivity contribution in [2.75, 3.05) is 24.3 Å². The third-order valence-electron chi connectivity index (χ3n) is 2.35. The lowest BCUT2D eigenvalue weighted by Crippen LogP contribution is -2.16. The van der Waals surface area contributed by atoms with Gasteiger partial charge in [-0.05, 0) is 18.2 Å². The largest absolute Gasteiger partial charge is 0.389 e. The zero-order chi connectivity index (χ0) is 14.6. The molecule has 1 aromatic rings. The topological polar surface area (TPSA) is 32.3 Å². The Kier molecular flexibility index (Phi) is 5.05. The lowest BCUT2D eigenvalue weighted by Gasteiger charge is -2.15. The number of anilines is 2. The molecule has 0 spiro atoms. The van der Waals surface area contributed by atoms with Crippen LogP contribution in [0.3, 0.4) is 0 Å². The van der Waals surface area contributed by atoms with Crippen LogP contribution < -0.4 is 10.2 Å². The molecule has 19 heavy (non-hydrogen) atoms. The van der Waals surface area contributed by atoms with Gasteiger partial charge in [0.2, 0.25) is 5.91 Å². The zero-order valence-corrected chi connectivity index (χ0v) is 11.3. The average molecular weight is 295 g/mol. The van der Waals surface area contributed by atoms with Crippen LogP contribution in [-0.2, 0) is 4.79 Å². The number of hydrogen-bond acceptors (Lipinski definition) is 2. The molecule has 0 saturated carbocycles. The molecule has 7 heteroatoms. The van der Waals surface area contributed by atoms with Crippen LogP contribution in [0.15, 0.2) is 18.2 Å². The third kappa shape index (κ3) is 5.38. The molecule has 0 aliphatic heterocycles. The number of rotatable bonds is 4. The van der Waals surface area contributed by atoms with Crippen LogP contribution >= 0.6 is 11.6 Å². The molecule has 3 nitrogen and oxygen atoms in total. The number of nitrogens with one attached hydrogen (secondary N) is 1. The van der Waals surface area contributed by atoms with E-state index >= 15 is 0 Å². The normalized spacial score (nSPS) is 11.3. The number of nitrogens with zero attached hydrogens (tertiary/aromatic N) is 1. The van der Waals surface area contributed by atoms with E-state index < -0.39 is 24.9 Å². The fourth-order valence-electron chi connectivity index (χ4n) is 1.43. The maximum Gasteiger partial charge on any atom is 0.389 e. The Labute approximate surface area is 114 Å². The van der Waals surface area contributed by atoms with Gasteiger partial charge < -0.3 is 10.2 Å². The lowest BCUT2D eigenvalue weighted by atomic mass is 10.2. The lowest BCUT2D eigenvalue weighted by molar-refractivity contribution is -0.142. The van der Waals surface area contributed by atoms with E-state index in [-0.39, 0.29) is 0 Å². The zero-order valence-electron chi connectivity index (χ0n) is 10.5. The van der Waals surface area contributed by atoms with Gasteiger partial charge in [-0.25, -0.2) is 0 Å². The maximum atomic E-state index is 12.0. The molecule has 1 aromatic carbocycles. The Bertz CT molecular complexity index is 461. The molecule has 0 saturated heterocycles. The summed E-state index contributed by atoms with van der Waals surface area (Å²) in [7, 11) is 3.62. The van der Waals surface area contributed by atoms with Crippen LogP contribution in [0.25, 0.3) is 0 Å². The molecule has 1 N–H and O–H groups in total. The Morgan fingerprint density at radius 2 is 2.00 bits per heavy atom. The first-order chi connectivity index (χ1) is 8.69. The first-order valence-electron chi connectivity index (χ1n) is 5.52. The standard InChI is InChI=1S/C12H14ClF3N2O/c1-18(2)10-4-3-8(7-9(10)13)17-11(19)5-6-12(14,15)16/h3-4,7H,5-6H2,1-2H3,(H,17,19). The van der Waals surface area contributed by atoms with E-state index in [1.807, 2.05) is 14.1 Å². The second kappa shape index (κ2) is 6.14. The summed E-state index contributed by atoms with van der Waals surface area (Å²) >= 11 is 5.98. The molecule has 106 valence electrons. The van der Waals surface area contributed by atoms with Crippen LogP contribution in [0.4, 0.5) is 24.5 Å². The highest BCUT2D eigenvalue weighted by Crippen LogP contribution is 2.28. The number of hydrogen-bond donors (Lipinski definition) is 1. The van der Waals surface area contributed by atoms with Crippen molar-refractivity contribution < 1.29 is 18.0 Å². The van der Waals surface area contributed by atoms with E-state index in [1.165, 1.54) is 6.07 Å². The second-order valence-electron chi connectivity index (χ2n) is 4.22. The summed E-state index contributed by atoms with van der Waals surface area (Å²) in [6.45, 7) is 0. The number of benzene rings is 1. The van der Waals surface area contributed by atoms with E-state index in [4.69, 9.17) is 11.6 Å². The molecule has 0 unspecified atom stereocenters. The highest BCUT2D eigenvalue weighted by molar-refractivity contribution is 6.33. The van der Waals surface area contributed by atoms with E-state index in [0.717, 1.165) is 5.69 Å². The minimum Gasteiger partial charge on any atom is -0.376 e. The number of halogens is 4. The van der Waals surface area contributed by atoms with Crippen molar-refractivity contribution in [1.82, 2.24) is 0 Å². The average Bonchev–Trinajstić information content (AvgIpc) is 2.25. The monoisotopic (exact) mass is 294 g/mol. The van der Waals surface area contributed by atoms with Gasteiger partial charge in [-0.2, -0.15) is 13.2 Å². The fraction of sp³-hybridized carbons (Fsp3) is 0.417. The van der Waals surface area contributed by atoms with Crippen molar-refractivity contribution in [3.63, 3.8) is 0 Å². The molecule has 1 amide bonds. The molecule has 0 aliphatic rings. The van der Waals surface area contributed by atoms with Gasteiger partial charge in [-0.1, -0.05) is 11.6 Å². The maximum absolute atomic E-state index is 12.0. The fourth-order valence-corrected chi connectivity index (χ4v) is 1.78. The summed E-state index contributed by atoms with van der Waals surface area (Å²) in [4.78, 5) is 13.1.